The first kappa shape index (κ1) is 13.4. The lowest BCUT2D eigenvalue weighted by molar-refractivity contribution is -0.384. The molecule has 1 aromatic carbocycles. The average molecular weight is 298 g/mol. The topological polar surface area (TPSA) is 85.1 Å². The molecule has 0 spiro atoms. The van der Waals surface area contributed by atoms with Crippen molar-refractivity contribution in [3.8, 4) is 0 Å². The molecule has 98 valence electrons. The van der Waals surface area contributed by atoms with Crippen LogP contribution in [-0.2, 0) is 6.54 Å². The average Bonchev–Trinajstić information content (AvgIpc) is 2.89. The number of benzene rings is 1. The Hall–Kier alpha value is -1.99. The Bertz CT molecular complexity index is 616. The van der Waals surface area contributed by atoms with Crippen molar-refractivity contribution in [3.05, 3.63) is 55.5 Å². The molecular weight excluding hydrogens is 290 g/mol. The number of nitrogens with zero attached hydrogens (tertiary/aromatic N) is 2. The molecule has 1 N–H and O–H groups in total. The Morgan fingerprint density at radius 1 is 1.53 bits per heavy atom. The number of carbonyl (C=O) groups excluding carboxylic acids is 1. The molecule has 0 atom stereocenters. The van der Waals surface area contributed by atoms with Gasteiger partial charge in [-0.2, -0.15) is 0 Å². The predicted octanol–water partition coefficient (Wildman–Crippen LogP) is 2.63. The number of hydrogen-bond donors (Lipinski definition) is 1. The van der Waals surface area contributed by atoms with Gasteiger partial charge in [0.15, 0.2) is 0 Å². The fraction of sp³-hybridized carbons (Fsp3) is 0.0909. The molecule has 1 heterocycles. The number of nitro groups is 1. The normalized spacial score (nSPS) is 10.2. The van der Waals surface area contributed by atoms with E-state index in [9.17, 15) is 14.9 Å². The van der Waals surface area contributed by atoms with Crippen LogP contribution in [0.4, 0.5) is 5.69 Å². The summed E-state index contributed by atoms with van der Waals surface area (Å²) in [7, 11) is 0. The van der Waals surface area contributed by atoms with Crippen LogP contribution in [0.3, 0.4) is 0 Å². The molecule has 0 radical (unpaired) electrons. The molecule has 19 heavy (non-hydrogen) atoms. The second-order valence-electron chi connectivity index (χ2n) is 3.56. The smallest absolute Gasteiger partial charge is 0.288 e. The number of amides is 1. The van der Waals surface area contributed by atoms with Gasteiger partial charge in [0, 0.05) is 11.4 Å². The van der Waals surface area contributed by atoms with E-state index in [1.165, 1.54) is 29.5 Å². The monoisotopic (exact) mass is 297 g/mol. The van der Waals surface area contributed by atoms with Crippen molar-refractivity contribution in [2.45, 2.75) is 6.54 Å². The molecule has 0 unspecified atom stereocenters. The van der Waals surface area contributed by atoms with Gasteiger partial charge in [0.05, 0.1) is 28.2 Å². The van der Waals surface area contributed by atoms with Gasteiger partial charge in [0.1, 0.15) is 5.02 Å². The summed E-state index contributed by atoms with van der Waals surface area (Å²) in [5.41, 5.74) is 2.16. The van der Waals surface area contributed by atoms with Gasteiger partial charge in [-0.1, -0.05) is 17.7 Å². The number of carbonyl (C=O) groups is 1. The molecule has 1 amide bonds. The number of thiazole rings is 1. The number of hydrogen-bond acceptors (Lipinski definition) is 5. The minimum Gasteiger partial charge on any atom is -0.346 e. The summed E-state index contributed by atoms with van der Waals surface area (Å²) in [4.78, 5) is 26.0. The zero-order valence-corrected chi connectivity index (χ0v) is 11.1. The summed E-state index contributed by atoms with van der Waals surface area (Å²) in [6.07, 6.45) is 0. The first-order valence-electron chi connectivity index (χ1n) is 5.17. The lowest BCUT2D eigenvalue weighted by atomic mass is 10.2. The van der Waals surface area contributed by atoms with Crippen LogP contribution >= 0.6 is 22.9 Å². The van der Waals surface area contributed by atoms with Gasteiger partial charge in [-0.3, -0.25) is 14.9 Å². The van der Waals surface area contributed by atoms with Gasteiger partial charge in [-0.15, -0.1) is 11.3 Å². The molecule has 0 aliphatic rings. The molecule has 2 rings (SSSR count). The molecule has 0 fully saturated rings. The molecule has 8 heteroatoms. The predicted molar refractivity (Wildman–Crippen MR) is 71.4 cm³/mol. The summed E-state index contributed by atoms with van der Waals surface area (Å²) in [6.45, 7) is 0.251. The molecule has 1 aromatic heterocycles. The maximum atomic E-state index is 11.9. The minimum atomic E-state index is -0.625. The summed E-state index contributed by atoms with van der Waals surface area (Å²) >= 11 is 7.26. The lowest BCUT2D eigenvalue weighted by Crippen LogP contribution is -2.23. The molecule has 6 nitrogen and oxygen atoms in total. The zero-order valence-electron chi connectivity index (χ0n) is 9.50. The number of aromatic nitrogens is 1. The van der Waals surface area contributed by atoms with Gasteiger partial charge in [-0.05, 0) is 6.07 Å². The van der Waals surface area contributed by atoms with E-state index in [4.69, 9.17) is 11.6 Å². The summed E-state index contributed by atoms with van der Waals surface area (Å²) < 4.78 is 0. The summed E-state index contributed by atoms with van der Waals surface area (Å²) in [6, 6.07) is 4.10. The summed E-state index contributed by atoms with van der Waals surface area (Å²) in [5, 5.41) is 15.0. The molecule has 0 aliphatic heterocycles. The van der Waals surface area contributed by atoms with E-state index in [1.807, 2.05) is 0 Å². The Balaban J connectivity index is 2.15. The molecule has 0 saturated carbocycles. The minimum absolute atomic E-state index is 0.0751. The number of rotatable bonds is 4. The highest BCUT2D eigenvalue weighted by Gasteiger charge is 2.19. The SMILES string of the molecule is O=C(NCc1cscn1)c1cccc([N+](=O)[O-])c1Cl. The highest BCUT2D eigenvalue weighted by molar-refractivity contribution is 7.07. The maximum absolute atomic E-state index is 11.9. The van der Waals surface area contributed by atoms with Crippen LogP contribution in [0, 0.1) is 10.1 Å². The third-order valence-electron chi connectivity index (χ3n) is 2.33. The highest BCUT2D eigenvalue weighted by atomic mass is 35.5. The van der Waals surface area contributed by atoms with Gasteiger partial charge in [-0.25, -0.2) is 4.98 Å². The molecule has 0 aliphatic carbocycles. The first-order valence-corrected chi connectivity index (χ1v) is 6.50. The van der Waals surface area contributed by atoms with Crippen molar-refractivity contribution in [1.29, 1.82) is 0 Å². The van der Waals surface area contributed by atoms with Gasteiger partial charge >= 0.3 is 0 Å². The molecule has 0 bridgehead atoms. The van der Waals surface area contributed by atoms with Crippen molar-refractivity contribution >= 4 is 34.5 Å². The van der Waals surface area contributed by atoms with E-state index in [-0.39, 0.29) is 22.8 Å². The van der Waals surface area contributed by atoms with Gasteiger partial charge in [0.25, 0.3) is 11.6 Å². The van der Waals surface area contributed by atoms with Crippen LogP contribution in [-0.4, -0.2) is 15.8 Å². The van der Waals surface area contributed by atoms with Gasteiger partial charge in [0.2, 0.25) is 0 Å². The third-order valence-corrected chi connectivity index (χ3v) is 3.37. The van der Waals surface area contributed by atoms with Crippen LogP contribution in [0.1, 0.15) is 16.1 Å². The Morgan fingerprint density at radius 2 is 2.32 bits per heavy atom. The van der Waals surface area contributed by atoms with Crippen molar-refractivity contribution in [3.63, 3.8) is 0 Å². The number of nitro benzene ring substituents is 1. The van der Waals surface area contributed by atoms with E-state index in [1.54, 1.807) is 10.9 Å². The quantitative estimate of drug-likeness (QED) is 0.694. The van der Waals surface area contributed by atoms with Crippen molar-refractivity contribution in [2.75, 3.05) is 0 Å². The second kappa shape index (κ2) is 5.77. The van der Waals surface area contributed by atoms with E-state index in [0.717, 1.165) is 5.69 Å². The Kier molecular flexibility index (Phi) is 4.08. The fourth-order valence-corrected chi connectivity index (χ4v) is 2.27. The largest absolute Gasteiger partial charge is 0.346 e. The summed E-state index contributed by atoms with van der Waals surface area (Å²) in [5.74, 6) is -0.471. The standard InChI is InChI=1S/C11H8ClN3O3S/c12-10-8(2-1-3-9(10)15(17)18)11(16)13-4-7-5-19-6-14-7/h1-3,5-6H,4H2,(H,13,16). The van der Waals surface area contributed by atoms with Crippen LogP contribution in [0.2, 0.25) is 5.02 Å². The maximum Gasteiger partial charge on any atom is 0.288 e. The third kappa shape index (κ3) is 3.07. The van der Waals surface area contributed by atoms with Crippen molar-refractivity contribution in [1.82, 2.24) is 10.3 Å². The lowest BCUT2D eigenvalue weighted by Gasteiger charge is -2.05. The molecular formula is C11H8ClN3O3S. The number of nitrogens with one attached hydrogen (secondary N) is 1. The number of halogens is 1. The molecule has 0 saturated heterocycles. The fourth-order valence-electron chi connectivity index (χ4n) is 1.43. The molecule has 2 aromatic rings. The van der Waals surface area contributed by atoms with Crippen LogP contribution in [0.5, 0.6) is 0 Å². The Morgan fingerprint density at radius 3 is 2.95 bits per heavy atom. The van der Waals surface area contributed by atoms with Gasteiger partial charge < -0.3 is 5.32 Å². The van der Waals surface area contributed by atoms with E-state index in [2.05, 4.69) is 10.3 Å². The van der Waals surface area contributed by atoms with Crippen molar-refractivity contribution < 1.29 is 9.72 Å². The van der Waals surface area contributed by atoms with E-state index in [0.29, 0.717) is 0 Å². The van der Waals surface area contributed by atoms with E-state index < -0.39 is 10.8 Å². The van der Waals surface area contributed by atoms with Crippen LogP contribution in [0.15, 0.2) is 29.1 Å². The highest BCUT2D eigenvalue weighted by Crippen LogP contribution is 2.27. The van der Waals surface area contributed by atoms with E-state index >= 15 is 0 Å². The zero-order chi connectivity index (χ0) is 13.8. The van der Waals surface area contributed by atoms with Crippen LogP contribution in [0.25, 0.3) is 0 Å². The van der Waals surface area contributed by atoms with Crippen LogP contribution < -0.4 is 5.32 Å². The second-order valence-corrected chi connectivity index (χ2v) is 4.65. The first-order chi connectivity index (χ1) is 9.09. The Labute approximate surface area is 117 Å². The van der Waals surface area contributed by atoms with Crippen molar-refractivity contribution in [2.24, 2.45) is 0 Å².